The van der Waals surface area contributed by atoms with E-state index < -0.39 is 21.0 Å². The van der Waals surface area contributed by atoms with Gasteiger partial charge in [0.1, 0.15) is 17.4 Å². The minimum Gasteiger partial charge on any atom is -0.497 e. The van der Waals surface area contributed by atoms with Gasteiger partial charge in [-0.2, -0.15) is 14.6 Å². The Hall–Kier alpha value is -3.49. The summed E-state index contributed by atoms with van der Waals surface area (Å²) in [5, 5.41) is 11.0. The normalized spacial score (nSPS) is 12.0. The third kappa shape index (κ3) is 4.97. The number of amides is 1. The molecule has 3 aromatic rings. The Morgan fingerprint density at radius 1 is 1.30 bits per heavy atom. The van der Waals surface area contributed by atoms with Crippen LogP contribution in [-0.2, 0) is 14.6 Å². The molecule has 2 heterocycles. The summed E-state index contributed by atoms with van der Waals surface area (Å²) >= 11 is 0.742. The van der Waals surface area contributed by atoms with Crippen molar-refractivity contribution in [3.63, 3.8) is 0 Å². The first-order valence-electron chi connectivity index (χ1n) is 9.92. The highest BCUT2D eigenvalue weighted by Crippen LogP contribution is 2.25. The first kappa shape index (κ1) is 24.2. The monoisotopic (exact) mass is 485 g/mol. The van der Waals surface area contributed by atoms with Crippen LogP contribution in [0.3, 0.4) is 0 Å². The molecule has 0 aliphatic heterocycles. The first-order chi connectivity index (χ1) is 15.6. The second-order valence-electron chi connectivity index (χ2n) is 7.46. The van der Waals surface area contributed by atoms with Crippen LogP contribution in [0, 0.1) is 25.2 Å². The predicted octanol–water partition coefficient (Wildman–Crippen LogP) is 3.68. The highest BCUT2D eigenvalue weighted by Gasteiger charge is 2.25. The number of benzene rings is 1. The fourth-order valence-corrected chi connectivity index (χ4v) is 4.83. The number of carbonyl (C=O) groups is 1. The molecule has 1 N–H and O–H groups in total. The summed E-state index contributed by atoms with van der Waals surface area (Å²) in [6, 6.07) is 11.3. The Labute approximate surface area is 196 Å². The third-order valence-corrected chi connectivity index (χ3v) is 7.63. The number of anilines is 1. The average molecular weight is 486 g/mol. The molecule has 33 heavy (non-hydrogen) atoms. The summed E-state index contributed by atoms with van der Waals surface area (Å²) in [4.78, 5) is 16.6. The Morgan fingerprint density at radius 3 is 2.67 bits per heavy atom. The van der Waals surface area contributed by atoms with Gasteiger partial charge < -0.3 is 9.30 Å². The highest BCUT2D eigenvalue weighted by molar-refractivity contribution is 7.91. The third-order valence-electron chi connectivity index (χ3n) is 4.95. The number of methoxy groups -OCH3 is 1. The van der Waals surface area contributed by atoms with E-state index >= 15 is 0 Å². The number of nitrogens with zero attached hydrogens (tertiary/aromatic N) is 4. The van der Waals surface area contributed by atoms with E-state index in [2.05, 4.69) is 14.7 Å². The van der Waals surface area contributed by atoms with Crippen molar-refractivity contribution in [1.29, 1.82) is 5.26 Å². The molecule has 0 bridgehead atoms. The van der Waals surface area contributed by atoms with Crippen LogP contribution in [0.1, 0.15) is 30.8 Å². The lowest BCUT2D eigenvalue weighted by molar-refractivity contribution is -0.112. The van der Waals surface area contributed by atoms with Crippen molar-refractivity contribution in [3.05, 3.63) is 52.9 Å². The fraction of sp³-hybridized carbons (Fsp3) is 0.273. The predicted molar refractivity (Wildman–Crippen MR) is 126 cm³/mol. The van der Waals surface area contributed by atoms with E-state index in [4.69, 9.17) is 4.74 Å². The number of hydrogen-bond donors (Lipinski definition) is 1. The van der Waals surface area contributed by atoms with Crippen molar-refractivity contribution in [1.82, 2.24) is 13.9 Å². The average Bonchev–Trinajstić information content (AvgIpc) is 3.36. The molecule has 0 saturated carbocycles. The fourth-order valence-electron chi connectivity index (χ4n) is 3.14. The van der Waals surface area contributed by atoms with Crippen LogP contribution in [0.5, 0.6) is 5.75 Å². The Morgan fingerprint density at radius 2 is 2.03 bits per heavy atom. The molecule has 0 radical (unpaired) electrons. The van der Waals surface area contributed by atoms with Gasteiger partial charge in [-0.1, -0.05) is 6.07 Å². The number of carbonyl (C=O) groups excluding carboxylic acids is 1. The highest BCUT2D eigenvalue weighted by atomic mass is 32.2. The van der Waals surface area contributed by atoms with Crippen molar-refractivity contribution in [2.24, 2.45) is 0 Å². The molecule has 3 rings (SSSR count). The van der Waals surface area contributed by atoms with Crippen molar-refractivity contribution in [2.75, 3.05) is 12.4 Å². The van der Waals surface area contributed by atoms with Gasteiger partial charge in [-0.25, -0.2) is 8.42 Å². The van der Waals surface area contributed by atoms with Gasteiger partial charge in [-0.15, -0.1) is 0 Å². The van der Waals surface area contributed by atoms with Gasteiger partial charge in [0.2, 0.25) is 15.0 Å². The van der Waals surface area contributed by atoms with Crippen LogP contribution >= 0.6 is 11.5 Å². The van der Waals surface area contributed by atoms with Gasteiger partial charge in [0.15, 0.2) is 0 Å². The number of rotatable bonds is 7. The zero-order valence-electron chi connectivity index (χ0n) is 18.8. The van der Waals surface area contributed by atoms with E-state index in [-0.39, 0.29) is 15.9 Å². The number of ether oxygens (including phenoxy) is 1. The molecule has 0 saturated heterocycles. The molecule has 172 valence electrons. The molecule has 0 spiro atoms. The van der Waals surface area contributed by atoms with Crippen LogP contribution in [0.2, 0.25) is 0 Å². The van der Waals surface area contributed by atoms with E-state index in [1.807, 2.05) is 54.8 Å². The van der Waals surface area contributed by atoms with E-state index in [0.29, 0.717) is 11.3 Å². The lowest BCUT2D eigenvalue weighted by Crippen LogP contribution is -2.16. The number of sulfone groups is 1. The summed E-state index contributed by atoms with van der Waals surface area (Å²) in [5.41, 5.74) is 3.19. The van der Waals surface area contributed by atoms with Crippen molar-refractivity contribution < 1.29 is 17.9 Å². The quantitative estimate of drug-likeness (QED) is 0.399. The van der Waals surface area contributed by atoms with Crippen LogP contribution in [-0.4, -0.2) is 40.6 Å². The molecule has 0 fully saturated rings. The van der Waals surface area contributed by atoms with Crippen molar-refractivity contribution in [2.45, 2.75) is 38.1 Å². The first-order valence-corrected chi connectivity index (χ1v) is 12.2. The van der Waals surface area contributed by atoms with Gasteiger partial charge in [0.25, 0.3) is 11.1 Å². The molecule has 0 aliphatic rings. The molecule has 0 unspecified atom stereocenters. The smallest absolute Gasteiger partial charge is 0.268 e. The zero-order valence-corrected chi connectivity index (χ0v) is 20.4. The van der Waals surface area contributed by atoms with Gasteiger partial charge in [0.05, 0.1) is 12.4 Å². The number of nitriles is 1. The van der Waals surface area contributed by atoms with Crippen molar-refractivity contribution >= 4 is 38.5 Å². The van der Waals surface area contributed by atoms with E-state index in [0.717, 1.165) is 28.6 Å². The van der Waals surface area contributed by atoms with E-state index in [9.17, 15) is 18.5 Å². The molecule has 1 amide bonds. The summed E-state index contributed by atoms with van der Waals surface area (Å²) in [6.45, 7) is 6.85. The van der Waals surface area contributed by atoms with Crippen LogP contribution in [0.25, 0.3) is 11.8 Å². The Balaban J connectivity index is 1.89. The summed E-state index contributed by atoms with van der Waals surface area (Å²) < 4.78 is 35.5. The number of aryl methyl sites for hydroxylation is 1. The molecule has 2 aromatic heterocycles. The largest absolute Gasteiger partial charge is 0.497 e. The van der Waals surface area contributed by atoms with Gasteiger partial charge in [-0.3, -0.25) is 10.1 Å². The van der Waals surface area contributed by atoms with E-state index in [1.54, 1.807) is 7.11 Å². The topological polar surface area (TPSA) is 127 Å². The van der Waals surface area contributed by atoms with Crippen LogP contribution in [0.15, 0.2) is 41.1 Å². The van der Waals surface area contributed by atoms with Gasteiger partial charge in [-0.05, 0) is 57.5 Å². The standard InChI is InChI=1S/C22H23N5O4S2/c1-13(2)33(29,30)22-25-21(32-26-22)24-20(28)17(12-23)10-16-9-14(3)27(15(16)4)18-7-6-8-19(11-18)31-5/h6-11,13H,1-5H3,(H,24,25,26,28). The van der Waals surface area contributed by atoms with Crippen LogP contribution in [0.4, 0.5) is 5.13 Å². The Bertz CT molecular complexity index is 1380. The molecular weight excluding hydrogens is 462 g/mol. The minimum absolute atomic E-state index is 0.00206. The minimum atomic E-state index is -3.66. The molecule has 11 heteroatoms. The van der Waals surface area contributed by atoms with E-state index in [1.165, 1.54) is 19.9 Å². The van der Waals surface area contributed by atoms with Crippen LogP contribution < -0.4 is 10.1 Å². The van der Waals surface area contributed by atoms with Crippen molar-refractivity contribution in [3.8, 4) is 17.5 Å². The molecule has 1 aromatic carbocycles. The van der Waals surface area contributed by atoms with Gasteiger partial charge in [0, 0.05) is 34.7 Å². The Kier molecular flexibility index (Phi) is 7.00. The lowest BCUT2D eigenvalue weighted by atomic mass is 10.1. The maximum atomic E-state index is 12.7. The zero-order chi connectivity index (χ0) is 24.3. The second kappa shape index (κ2) is 9.56. The number of aromatic nitrogens is 3. The SMILES string of the molecule is COc1cccc(-n2c(C)cc(C=C(C#N)C(=O)Nc3nc(S(=O)(=O)C(C)C)ns3)c2C)c1. The molecular formula is C22H23N5O4S2. The lowest BCUT2D eigenvalue weighted by Gasteiger charge is -2.11. The summed E-state index contributed by atoms with van der Waals surface area (Å²) in [7, 11) is -2.06. The molecule has 0 aliphatic carbocycles. The summed E-state index contributed by atoms with van der Waals surface area (Å²) in [5.74, 6) is 0.0124. The number of hydrogen-bond acceptors (Lipinski definition) is 8. The molecule has 0 atom stereocenters. The maximum Gasteiger partial charge on any atom is 0.268 e. The second-order valence-corrected chi connectivity index (χ2v) is 10.6. The molecule has 9 nitrogen and oxygen atoms in total. The number of nitrogens with one attached hydrogen (secondary N) is 1. The summed E-state index contributed by atoms with van der Waals surface area (Å²) in [6.07, 6.45) is 1.49. The van der Waals surface area contributed by atoms with Gasteiger partial charge >= 0.3 is 0 Å². The maximum absolute atomic E-state index is 12.7.